The van der Waals surface area contributed by atoms with Gasteiger partial charge < -0.3 is 20.4 Å². The van der Waals surface area contributed by atoms with Crippen LogP contribution in [0.1, 0.15) is 47.2 Å². The Morgan fingerprint density at radius 3 is 2.14 bits per heavy atom. The van der Waals surface area contributed by atoms with E-state index in [9.17, 15) is 19.2 Å². The number of carbonyl (C=O) groups is 4. The molecule has 0 bridgehead atoms. The van der Waals surface area contributed by atoms with Crippen LogP contribution in [0.25, 0.3) is 0 Å². The topological polar surface area (TPSA) is 98.8 Å². The minimum absolute atomic E-state index is 0.0506. The minimum Gasteiger partial charge on any atom is -0.342 e. The van der Waals surface area contributed by atoms with Crippen LogP contribution >= 0.6 is 0 Å². The maximum atomic E-state index is 13.0. The maximum Gasteiger partial charge on any atom is 0.253 e. The molecule has 2 fully saturated rings. The van der Waals surface area contributed by atoms with E-state index in [1.54, 1.807) is 36.2 Å². The second-order valence-corrected chi connectivity index (χ2v) is 11.3. The van der Waals surface area contributed by atoms with Crippen LogP contribution in [0, 0.1) is 11.8 Å². The highest BCUT2D eigenvalue weighted by molar-refractivity contribution is 5.98. The Balaban J connectivity index is 1.10. The van der Waals surface area contributed by atoms with Gasteiger partial charge in [-0.15, -0.1) is 0 Å². The first-order valence-corrected chi connectivity index (χ1v) is 14.7. The largest absolute Gasteiger partial charge is 0.342 e. The fourth-order valence-corrected chi connectivity index (χ4v) is 5.34. The van der Waals surface area contributed by atoms with Crippen LogP contribution in [0.15, 0.2) is 78.9 Å². The number of carbonyl (C=O) groups excluding carboxylic acids is 4. The summed E-state index contributed by atoms with van der Waals surface area (Å²) in [6.45, 7) is 1.85. The molecule has 1 saturated heterocycles. The van der Waals surface area contributed by atoms with Gasteiger partial charge in [-0.3, -0.25) is 19.2 Å². The SMILES string of the molecule is CN(CCc1ccccc1)C(=O)c1cccc(NC(=O)Cc2cccc(NC(=O)C3CCN(C(=O)C4CC4)CC3)c2)c1. The number of benzene rings is 3. The van der Waals surface area contributed by atoms with Gasteiger partial charge in [-0.1, -0.05) is 48.5 Å². The molecule has 3 aromatic rings. The highest BCUT2D eigenvalue weighted by atomic mass is 16.2. The molecule has 2 aliphatic rings. The molecule has 8 nitrogen and oxygen atoms in total. The van der Waals surface area contributed by atoms with E-state index in [1.165, 1.54) is 5.56 Å². The first-order chi connectivity index (χ1) is 20.4. The third kappa shape index (κ3) is 7.84. The molecule has 0 unspecified atom stereocenters. The summed E-state index contributed by atoms with van der Waals surface area (Å²) in [4.78, 5) is 54.6. The molecule has 218 valence electrons. The second kappa shape index (κ2) is 13.5. The van der Waals surface area contributed by atoms with Crippen LogP contribution in [0.5, 0.6) is 0 Å². The number of hydrogen-bond acceptors (Lipinski definition) is 4. The van der Waals surface area contributed by atoms with Crippen molar-refractivity contribution in [2.24, 2.45) is 11.8 Å². The number of nitrogens with zero attached hydrogens (tertiary/aromatic N) is 2. The normalized spacial score (nSPS) is 15.1. The number of likely N-dealkylation sites (N-methyl/N-ethyl adjacent to an activating group) is 1. The lowest BCUT2D eigenvalue weighted by molar-refractivity contribution is -0.135. The molecule has 2 N–H and O–H groups in total. The van der Waals surface area contributed by atoms with Crippen molar-refractivity contribution in [3.05, 3.63) is 95.6 Å². The van der Waals surface area contributed by atoms with Crippen molar-refractivity contribution in [1.29, 1.82) is 0 Å². The van der Waals surface area contributed by atoms with Gasteiger partial charge in [0.15, 0.2) is 0 Å². The highest BCUT2D eigenvalue weighted by Gasteiger charge is 2.36. The van der Waals surface area contributed by atoms with Gasteiger partial charge in [-0.25, -0.2) is 0 Å². The average molecular weight is 567 g/mol. The predicted octanol–water partition coefficient (Wildman–Crippen LogP) is 4.77. The summed E-state index contributed by atoms with van der Waals surface area (Å²) in [6, 6.07) is 24.3. The van der Waals surface area contributed by atoms with Crippen molar-refractivity contribution < 1.29 is 19.2 Å². The summed E-state index contributed by atoms with van der Waals surface area (Å²) in [5, 5.41) is 5.88. The van der Waals surface area contributed by atoms with Gasteiger partial charge in [0, 0.05) is 55.5 Å². The Morgan fingerprint density at radius 1 is 0.762 bits per heavy atom. The number of nitrogens with one attached hydrogen (secondary N) is 2. The van der Waals surface area contributed by atoms with Gasteiger partial charge in [0.2, 0.25) is 17.7 Å². The molecule has 1 saturated carbocycles. The van der Waals surface area contributed by atoms with Crippen LogP contribution < -0.4 is 10.6 Å². The zero-order valence-corrected chi connectivity index (χ0v) is 24.1. The van der Waals surface area contributed by atoms with Gasteiger partial charge in [0.25, 0.3) is 5.91 Å². The summed E-state index contributed by atoms with van der Waals surface area (Å²) in [5.41, 5.74) is 3.65. The first kappa shape index (κ1) is 29.0. The monoisotopic (exact) mass is 566 g/mol. The molecule has 8 heteroatoms. The fourth-order valence-electron chi connectivity index (χ4n) is 5.34. The molecule has 4 amide bonds. The molecular formula is C34H38N4O4. The Hall–Kier alpha value is -4.46. The number of anilines is 2. The third-order valence-electron chi connectivity index (χ3n) is 7.98. The zero-order valence-electron chi connectivity index (χ0n) is 24.1. The van der Waals surface area contributed by atoms with Gasteiger partial charge in [-0.2, -0.15) is 0 Å². The Kier molecular flexibility index (Phi) is 9.31. The van der Waals surface area contributed by atoms with Gasteiger partial charge in [0.05, 0.1) is 6.42 Å². The predicted molar refractivity (Wildman–Crippen MR) is 163 cm³/mol. The van der Waals surface area contributed by atoms with E-state index in [1.807, 2.05) is 59.5 Å². The van der Waals surface area contributed by atoms with Gasteiger partial charge in [0.1, 0.15) is 0 Å². The fraction of sp³-hybridized carbons (Fsp3) is 0.353. The van der Waals surface area contributed by atoms with Gasteiger partial charge >= 0.3 is 0 Å². The van der Waals surface area contributed by atoms with Crippen molar-refractivity contribution in [2.45, 2.75) is 38.5 Å². The summed E-state index contributed by atoms with van der Waals surface area (Å²) in [7, 11) is 1.78. The van der Waals surface area contributed by atoms with E-state index >= 15 is 0 Å². The van der Waals surface area contributed by atoms with E-state index in [-0.39, 0.29) is 41.9 Å². The number of piperidine rings is 1. The van der Waals surface area contributed by atoms with Crippen molar-refractivity contribution in [2.75, 3.05) is 37.3 Å². The molecule has 5 rings (SSSR count). The Labute approximate surface area is 247 Å². The molecule has 42 heavy (non-hydrogen) atoms. The van der Waals surface area contributed by atoms with E-state index in [0.717, 1.165) is 24.8 Å². The first-order valence-electron chi connectivity index (χ1n) is 14.7. The molecule has 0 radical (unpaired) electrons. The number of hydrogen-bond donors (Lipinski definition) is 2. The molecule has 1 aliphatic carbocycles. The molecule has 0 aromatic heterocycles. The number of amides is 4. The van der Waals surface area contributed by atoms with Gasteiger partial charge in [-0.05, 0) is 73.6 Å². The standard InChI is InChI=1S/C34H38N4O4/c1-37(18-15-24-7-3-2-4-8-24)33(41)28-10-6-12-30(23-28)35-31(39)22-25-9-5-11-29(21-25)36-32(40)26-16-19-38(20-17-26)34(42)27-13-14-27/h2-12,21,23,26-27H,13-20,22H2,1H3,(H,35,39)(H,36,40). The van der Waals surface area contributed by atoms with Crippen LogP contribution in [-0.2, 0) is 27.2 Å². The average Bonchev–Trinajstić information content (AvgIpc) is 3.86. The van der Waals surface area contributed by atoms with Crippen LogP contribution in [0.2, 0.25) is 0 Å². The molecule has 1 aliphatic heterocycles. The summed E-state index contributed by atoms with van der Waals surface area (Å²) in [6.07, 6.45) is 4.20. The number of likely N-dealkylation sites (tertiary alicyclic amines) is 1. The third-order valence-corrected chi connectivity index (χ3v) is 7.98. The lowest BCUT2D eigenvalue weighted by Crippen LogP contribution is -2.42. The lowest BCUT2D eigenvalue weighted by atomic mass is 9.95. The number of rotatable bonds is 10. The summed E-state index contributed by atoms with van der Waals surface area (Å²) >= 11 is 0. The second-order valence-electron chi connectivity index (χ2n) is 11.3. The molecule has 0 atom stereocenters. The van der Waals surface area contributed by atoms with Crippen LogP contribution in [0.4, 0.5) is 11.4 Å². The lowest BCUT2D eigenvalue weighted by Gasteiger charge is -2.31. The van der Waals surface area contributed by atoms with E-state index in [0.29, 0.717) is 49.4 Å². The van der Waals surface area contributed by atoms with Crippen molar-refractivity contribution >= 4 is 35.0 Å². The summed E-state index contributed by atoms with van der Waals surface area (Å²) in [5.74, 6) is -0.0558. The maximum absolute atomic E-state index is 13.0. The minimum atomic E-state index is -0.215. The highest BCUT2D eigenvalue weighted by Crippen LogP contribution is 2.32. The Morgan fingerprint density at radius 2 is 1.43 bits per heavy atom. The van der Waals surface area contributed by atoms with Crippen LogP contribution in [-0.4, -0.2) is 60.1 Å². The van der Waals surface area contributed by atoms with Crippen molar-refractivity contribution in [3.8, 4) is 0 Å². The molecule has 3 aromatic carbocycles. The van der Waals surface area contributed by atoms with Crippen LogP contribution in [0.3, 0.4) is 0 Å². The smallest absolute Gasteiger partial charge is 0.253 e. The van der Waals surface area contributed by atoms with E-state index in [4.69, 9.17) is 0 Å². The molecule has 0 spiro atoms. The van der Waals surface area contributed by atoms with E-state index < -0.39 is 0 Å². The summed E-state index contributed by atoms with van der Waals surface area (Å²) < 4.78 is 0. The quantitative estimate of drug-likeness (QED) is 0.369. The Bertz CT molecular complexity index is 1430. The van der Waals surface area contributed by atoms with Crippen molar-refractivity contribution in [1.82, 2.24) is 9.80 Å². The van der Waals surface area contributed by atoms with Crippen molar-refractivity contribution in [3.63, 3.8) is 0 Å². The zero-order chi connectivity index (χ0) is 29.5. The van der Waals surface area contributed by atoms with E-state index in [2.05, 4.69) is 10.6 Å². The molecular weight excluding hydrogens is 528 g/mol. The molecule has 1 heterocycles.